The molecule has 0 aromatic heterocycles. The summed E-state index contributed by atoms with van der Waals surface area (Å²) in [6, 6.07) is 4.38. The van der Waals surface area contributed by atoms with Crippen molar-refractivity contribution in [1.82, 2.24) is 5.32 Å². The molecule has 0 saturated carbocycles. The van der Waals surface area contributed by atoms with E-state index in [0.29, 0.717) is 5.69 Å². The van der Waals surface area contributed by atoms with Gasteiger partial charge in [0.15, 0.2) is 5.60 Å². The van der Waals surface area contributed by atoms with Gasteiger partial charge in [0.05, 0.1) is 12.2 Å². The molecule has 136 valence electrons. The molecule has 0 spiro atoms. The van der Waals surface area contributed by atoms with Crippen molar-refractivity contribution in [2.75, 3.05) is 36.0 Å². The van der Waals surface area contributed by atoms with Crippen LogP contribution in [-0.2, 0) is 19.9 Å². The summed E-state index contributed by atoms with van der Waals surface area (Å²) in [6.45, 7) is 3.02. The van der Waals surface area contributed by atoms with E-state index in [-0.39, 0.29) is 24.4 Å². The van der Waals surface area contributed by atoms with Gasteiger partial charge in [-0.1, -0.05) is 6.07 Å². The Kier molecular flexibility index (Phi) is 5.19. The molecule has 0 radical (unpaired) electrons. The Bertz CT molecular complexity index is 681. The lowest BCUT2D eigenvalue weighted by Crippen LogP contribution is -2.34. The van der Waals surface area contributed by atoms with E-state index in [1.54, 1.807) is 12.1 Å². The Balaban J connectivity index is 1.77. The zero-order chi connectivity index (χ0) is 18.0. The molecule has 2 aliphatic heterocycles. The molecule has 2 N–H and O–H groups in total. The van der Waals surface area contributed by atoms with Crippen LogP contribution in [0.5, 0.6) is 0 Å². The minimum Gasteiger partial charge on any atom is -0.458 e. The van der Waals surface area contributed by atoms with E-state index in [1.807, 2.05) is 16.7 Å². The van der Waals surface area contributed by atoms with Crippen molar-refractivity contribution in [3.63, 3.8) is 0 Å². The maximum atomic E-state index is 14.6. The van der Waals surface area contributed by atoms with Crippen LogP contribution >= 0.6 is 11.8 Å². The van der Waals surface area contributed by atoms with E-state index < -0.39 is 23.5 Å². The quantitative estimate of drug-likeness (QED) is 0.773. The first kappa shape index (κ1) is 18.0. The average molecular weight is 368 g/mol. The summed E-state index contributed by atoms with van der Waals surface area (Å²) in [6.07, 6.45) is -0.658. The predicted octanol–water partition coefficient (Wildman–Crippen LogP) is 1.02. The van der Waals surface area contributed by atoms with Gasteiger partial charge >= 0.3 is 5.97 Å². The topological polar surface area (TPSA) is 78.9 Å². The van der Waals surface area contributed by atoms with Crippen LogP contribution in [0.3, 0.4) is 0 Å². The molecule has 0 bridgehead atoms. The molecule has 1 aromatic rings. The van der Waals surface area contributed by atoms with Crippen molar-refractivity contribution in [2.45, 2.75) is 25.0 Å². The highest BCUT2D eigenvalue weighted by atomic mass is 32.2. The number of benzene rings is 1. The first-order valence-electron chi connectivity index (χ1n) is 8.21. The fourth-order valence-electron chi connectivity index (χ4n) is 3.14. The molecule has 6 nitrogen and oxygen atoms in total. The van der Waals surface area contributed by atoms with Crippen LogP contribution in [0.1, 0.15) is 18.9 Å². The molecular weight excluding hydrogens is 347 g/mol. The number of hydrogen-bond acceptors (Lipinski definition) is 6. The van der Waals surface area contributed by atoms with E-state index in [4.69, 9.17) is 4.74 Å². The zero-order valence-electron chi connectivity index (χ0n) is 14.0. The maximum absolute atomic E-state index is 14.6. The Morgan fingerprint density at radius 3 is 2.84 bits per heavy atom. The molecule has 0 aliphatic carbocycles. The average Bonchev–Trinajstić information content (AvgIpc) is 2.89. The van der Waals surface area contributed by atoms with Crippen LogP contribution in [-0.4, -0.2) is 54.2 Å². The highest BCUT2D eigenvalue weighted by molar-refractivity contribution is 7.99. The van der Waals surface area contributed by atoms with E-state index in [1.165, 1.54) is 13.0 Å². The van der Waals surface area contributed by atoms with Crippen molar-refractivity contribution in [2.24, 2.45) is 0 Å². The highest BCUT2D eigenvalue weighted by Crippen LogP contribution is 2.37. The number of nitrogens with zero attached hydrogens (tertiary/aromatic N) is 1. The Morgan fingerprint density at radius 2 is 2.20 bits per heavy atom. The zero-order valence-corrected chi connectivity index (χ0v) is 14.8. The first-order chi connectivity index (χ1) is 11.9. The van der Waals surface area contributed by atoms with Gasteiger partial charge in [-0.25, -0.2) is 9.18 Å². The van der Waals surface area contributed by atoms with Crippen LogP contribution in [0.25, 0.3) is 0 Å². The molecule has 8 heteroatoms. The van der Waals surface area contributed by atoms with Gasteiger partial charge in [0.1, 0.15) is 11.9 Å². The summed E-state index contributed by atoms with van der Waals surface area (Å²) in [5, 5.41) is 13.3. The fourth-order valence-corrected chi connectivity index (χ4v) is 4.04. The van der Waals surface area contributed by atoms with Crippen molar-refractivity contribution in [3.05, 3.63) is 29.6 Å². The monoisotopic (exact) mass is 368 g/mol. The van der Waals surface area contributed by atoms with E-state index >= 15 is 0 Å². The second kappa shape index (κ2) is 7.21. The summed E-state index contributed by atoms with van der Waals surface area (Å²) < 4.78 is 19.7. The van der Waals surface area contributed by atoms with E-state index in [0.717, 1.165) is 24.6 Å². The fraction of sp³-hybridized carbons (Fsp3) is 0.529. The number of nitrogens with one attached hydrogen (secondary N) is 1. The number of halogens is 1. The number of carbonyl (C=O) groups excluding carboxylic acids is 2. The summed E-state index contributed by atoms with van der Waals surface area (Å²) in [7, 11) is 0. The number of thioether (sulfide) groups is 1. The second-order valence-electron chi connectivity index (χ2n) is 6.29. The van der Waals surface area contributed by atoms with Crippen molar-refractivity contribution >= 4 is 29.3 Å². The van der Waals surface area contributed by atoms with Gasteiger partial charge in [0.2, 0.25) is 5.91 Å². The maximum Gasteiger partial charge on any atom is 0.343 e. The third-order valence-electron chi connectivity index (χ3n) is 4.49. The lowest BCUT2D eigenvalue weighted by molar-refractivity contribution is -0.155. The van der Waals surface area contributed by atoms with Gasteiger partial charge in [0.25, 0.3) is 0 Å². The third kappa shape index (κ3) is 3.74. The number of hydrogen-bond donors (Lipinski definition) is 2. The minimum atomic E-state index is -1.89. The lowest BCUT2D eigenvalue weighted by Gasteiger charge is -2.29. The largest absolute Gasteiger partial charge is 0.458 e. The predicted molar refractivity (Wildman–Crippen MR) is 93.0 cm³/mol. The van der Waals surface area contributed by atoms with Crippen LogP contribution in [0.2, 0.25) is 0 Å². The Morgan fingerprint density at radius 1 is 1.48 bits per heavy atom. The van der Waals surface area contributed by atoms with Gasteiger partial charge in [-0.05, 0) is 17.7 Å². The van der Waals surface area contributed by atoms with E-state index in [2.05, 4.69) is 5.32 Å². The van der Waals surface area contributed by atoms with Gasteiger partial charge in [-0.2, -0.15) is 11.8 Å². The van der Waals surface area contributed by atoms with Crippen molar-refractivity contribution in [3.8, 4) is 0 Å². The molecule has 2 atom stereocenters. The standard InChI is InChI=1S/C17H21FN2O4S/c1-11(21)19-10-13-9-17(23,16(22)24-13)12-2-3-15(14(18)8-12)20-4-6-25-7-5-20/h2-3,8,13,23H,4-7,9-10H2,1H3,(H,19,21)/t13-,17?/m1/s1. The molecule has 25 heavy (non-hydrogen) atoms. The number of cyclic esters (lactones) is 1. The van der Waals surface area contributed by atoms with Gasteiger partial charge in [0, 0.05) is 37.9 Å². The van der Waals surface area contributed by atoms with Gasteiger partial charge < -0.3 is 20.1 Å². The molecule has 2 heterocycles. The molecule has 3 rings (SSSR count). The van der Waals surface area contributed by atoms with E-state index in [9.17, 15) is 19.1 Å². The number of esters is 1. The summed E-state index contributed by atoms with van der Waals surface area (Å²) >= 11 is 1.83. The Hall–Kier alpha value is -1.80. The summed E-state index contributed by atoms with van der Waals surface area (Å²) in [5.41, 5.74) is -1.23. The number of amides is 1. The normalized spacial score (nSPS) is 26.4. The van der Waals surface area contributed by atoms with Crippen molar-refractivity contribution < 1.29 is 23.8 Å². The summed E-state index contributed by atoms with van der Waals surface area (Å²) in [5.74, 6) is 0.367. The molecule has 2 saturated heterocycles. The molecule has 1 aromatic carbocycles. The number of anilines is 1. The summed E-state index contributed by atoms with van der Waals surface area (Å²) in [4.78, 5) is 25.1. The van der Waals surface area contributed by atoms with Gasteiger partial charge in [-0.3, -0.25) is 4.79 Å². The van der Waals surface area contributed by atoms with Crippen LogP contribution < -0.4 is 10.2 Å². The molecule has 1 amide bonds. The second-order valence-corrected chi connectivity index (χ2v) is 7.52. The van der Waals surface area contributed by atoms with Gasteiger partial charge in [-0.15, -0.1) is 0 Å². The first-order valence-corrected chi connectivity index (χ1v) is 9.36. The number of rotatable bonds is 4. The SMILES string of the molecule is CC(=O)NC[C@H]1CC(O)(c2ccc(N3CCSCC3)c(F)c2)C(=O)O1. The third-order valence-corrected chi connectivity index (χ3v) is 5.43. The van der Waals surface area contributed by atoms with Crippen LogP contribution in [0, 0.1) is 5.82 Å². The molecule has 2 aliphatic rings. The highest BCUT2D eigenvalue weighted by Gasteiger charge is 2.49. The number of ether oxygens (including phenoxy) is 1. The van der Waals surface area contributed by atoms with Crippen molar-refractivity contribution in [1.29, 1.82) is 0 Å². The minimum absolute atomic E-state index is 0.0226. The molecule has 1 unspecified atom stereocenters. The Labute approximate surface area is 149 Å². The number of carbonyl (C=O) groups is 2. The lowest BCUT2D eigenvalue weighted by atomic mass is 9.90. The number of aliphatic hydroxyl groups is 1. The smallest absolute Gasteiger partial charge is 0.343 e. The molecule has 2 fully saturated rings. The van der Waals surface area contributed by atoms with Crippen LogP contribution in [0.4, 0.5) is 10.1 Å². The van der Waals surface area contributed by atoms with Crippen LogP contribution in [0.15, 0.2) is 18.2 Å². The molecular formula is C17H21FN2O4S.